The molecule has 1 aliphatic heterocycles. The lowest BCUT2D eigenvalue weighted by molar-refractivity contribution is -0.148. The summed E-state index contributed by atoms with van der Waals surface area (Å²) in [5.41, 5.74) is 0.510. The second-order valence-corrected chi connectivity index (χ2v) is 5.56. The molecule has 0 unspecified atom stereocenters. The third kappa shape index (κ3) is 4.85. The first-order valence-corrected chi connectivity index (χ1v) is 7.44. The molecule has 0 N–H and O–H groups in total. The van der Waals surface area contributed by atoms with Gasteiger partial charge in [0.1, 0.15) is 18.2 Å². The first-order chi connectivity index (χ1) is 11.3. The largest absolute Gasteiger partial charge is 0.492 e. The van der Waals surface area contributed by atoms with Crippen molar-refractivity contribution in [3.8, 4) is 11.8 Å². The van der Waals surface area contributed by atoms with E-state index in [0.29, 0.717) is 11.3 Å². The van der Waals surface area contributed by atoms with Gasteiger partial charge in [0.2, 0.25) is 5.91 Å². The van der Waals surface area contributed by atoms with Gasteiger partial charge in [0.15, 0.2) is 0 Å². The fourth-order valence-electron chi connectivity index (χ4n) is 2.56. The topological polar surface area (TPSA) is 53.3 Å². The third-order valence-corrected chi connectivity index (χ3v) is 3.75. The van der Waals surface area contributed by atoms with Crippen LogP contribution in [0.5, 0.6) is 5.75 Å². The monoisotopic (exact) mass is 344 g/mol. The molecule has 1 heterocycles. The quantitative estimate of drug-likeness (QED) is 0.772. The Morgan fingerprint density at radius 3 is 2.79 bits per heavy atom. The molecule has 130 valence electrons. The minimum absolute atomic E-state index is 0.0204. The summed E-state index contributed by atoms with van der Waals surface area (Å²) in [5, 5.41) is 8.62. The zero-order valence-corrected chi connectivity index (χ0v) is 12.8. The van der Waals surface area contributed by atoms with Gasteiger partial charge in [-0.25, -0.2) is 4.39 Å². The molecule has 4 nitrogen and oxygen atoms in total. The van der Waals surface area contributed by atoms with E-state index in [1.165, 1.54) is 18.2 Å². The zero-order valence-electron chi connectivity index (χ0n) is 12.8. The highest BCUT2D eigenvalue weighted by Gasteiger charge is 2.33. The molecule has 1 aromatic rings. The molecule has 0 saturated heterocycles. The van der Waals surface area contributed by atoms with E-state index < -0.39 is 36.8 Å². The molecular weight excluding hydrogens is 328 g/mol. The lowest BCUT2D eigenvalue weighted by Gasteiger charge is -2.30. The molecule has 1 aromatic carbocycles. The highest BCUT2D eigenvalue weighted by atomic mass is 19.4. The summed E-state index contributed by atoms with van der Waals surface area (Å²) in [6.45, 7) is -0.555. The van der Waals surface area contributed by atoms with Crippen LogP contribution < -0.4 is 4.74 Å². The van der Waals surface area contributed by atoms with Crippen molar-refractivity contribution in [3.63, 3.8) is 0 Å². The number of nitriles is 1. The minimum Gasteiger partial charge on any atom is -0.492 e. The summed E-state index contributed by atoms with van der Waals surface area (Å²) in [6.07, 6.45) is -5.38. The predicted molar refractivity (Wildman–Crippen MR) is 76.6 cm³/mol. The molecule has 0 spiro atoms. The number of rotatable bonds is 5. The summed E-state index contributed by atoms with van der Waals surface area (Å²) < 4.78 is 55.9. The number of amides is 1. The molecule has 0 aliphatic carbocycles. The van der Waals surface area contributed by atoms with Crippen molar-refractivity contribution in [2.75, 3.05) is 19.7 Å². The van der Waals surface area contributed by atoms with E-state index in [0.717, 1.165) is 4.90 Å². The maximum absolute atomic E-state index is 13.3. The number of hydrogen-bond acceptors (Lipinski definition) is 3. The fourth-order valence-corrected chi connectivity index (χ4v) is 2.56. The Hall–Kier alpha value is -2.30. The number of carbonyl (C=O) groups is 1. The maximum atomic E-state index is 13.3. The van der Waals surface area contributed by atoms with Crippen molar-refractivity contribution in [3.05, 3.63) is 29.6 Å². The second kappa shape index (κ2) is 7.51. The number of carbonyl (C=O) groups excluding carboxylic acids is 1. The van der Waals surface area contributed by atoms with Gasteiger partial charge in [0.05, 0.1) is 24.8 Å². The molecule has 8 heteroatoms. The minimum atomic E-state index is -4.38. The molecule has 1 atom stereocenters. The van der Waals surface area contributed by atoms with Gasteiger partial charge in [-0.1, -0.05) is 0 Å². The Bertz CT molecular complexity index is 640. The van der Waals surface area contributed by atoms with Crippen LogP contribution in [0.15, 0.2) is 18.2 Å². The van der Waals surface area contributed by atoms with Crippen molar-refractivity contribution in [1.29, 1.82) is 5.26 Å². The molecular formula is C16H16F4N2O2. The van der Waals surface area contributed by atoms with E-state index in [2.05, 4.69) is 0 Å². The van der Waals surface area contributed by atoms with Gasteiger partial charge >= 0.3 is 6.18 Å². The molecule has 1 amide bonds. The fraction of sp³-hybridized carbons (Fsp3) is 0.500. The average molecular weight is 344 g/mol. The van der Waals surface area contributed by atoms with Gasteiger partial charge < -0.3 is 9.64 Å². The summed E-state index contributed by atoms with van der Waals surface area (Å²) >= 11 is 0. The first-order valence-electron chi connectivity index (χ1n) is 7.44. The second-order valence-electron chi connectivity index (χ2n) is 5.56. The molecule has 1 aliphatic rings. The molecule has 0 bridgehead atoms. The van der Waals surface area contributed by atoms with E-state index in [1.807, 2.05) is 6.07 Å². The molecule has 24 heavy (non-hydrogen) atoms. The van der Waals surface area contributed by atoms with Gasteiger partial charge in [-0.3, -0.25) is 4.79 Å². The van der Waals surface area contributed by atoms with E-state index in [9.17, 15) is 22.4 Å². The Balaban J connectivity index is 2.07. The molecule has 2 rings (SSSR count). The first kappa shape index (κ1) is 18.0. The SMILES string of the molecule is N#CCCN(CCC(F)(F)F)C(=O)[C@@H]1COc2ccc(F)cc2C1. The predicted octanol–water partition coefficient (Wildman–Crippen LogP) is 3.07. The van der Waals surface area contributed by atoms with Crippen LogP contribution in [0.25, 0.3) is 0 Å². The highest BCUT2D eigenvalue weighted by Crippen LogP contribution is 2.29. The summed E-state index contributed by atoms with van der Waals surface area (Å²) in [4.78, 5) is 13.5. The Labute approximate surface area is 136 Å². The van der Waals surface area contributed by atoms with Gasteiger partial charge in [-0.2, -0.15) is 18.4 Å². The number of halogens is 4. The maximum Gasteiger partial charge on any atom is 0.390 e. The Kier molecular flexibility index (Phi) is 5.65. The molecule has 0 aromatic heterocycles. The van der Waals surface area contributed by atoms with Crippen molar-refractivity contribution in [2.45, 2.75) is 25.4 Å². The van der Waals surface area contributed by atoms with Crippen molar-refractivity contribution in [1.82, 2.24) is 4.90 Å². The van der Waals surface area contributed by atoms with Crippen LogP contribution in [0.2, 0.25) is 0 Å². The van der Waals surface area contributed by atoms with Crippen LogP contribution in [0, 0.1) is 23.1 Å². The van der Waals surface area contributed by atoms with Gasteiger partial charge in [-0.15, -0.1) is 0 Å². The van der Waals surface area contributed by atoms with Gasteiger partial charge in [-0.05, 0) is 30.2 Å². The zero-order chi connectivity index (χ0) is 17.7. The van der Waals surface area contributed by atoms with Crippen molar-refractivity contribution >= 4 is 5.91 Å². The molecule has 0 fully saturated rings. The number of fused-ring (bicyclic) bond motifs is 1. The van der Waals surface area contributed by atoms with Crippen LogP contribution >= 0.6 is 0 Å². The van der Waals surface area contributed by atoms with Crippen molar-refractivity contribution in [2.24, 2.45) is 5.92 Å². The van der Waals surface area contributed by atoms with Crippen LogP contribution in [-0.2, 0) is 11.2 Å². The smallest absolute Gasteiger partial charge is 0.390 e. The normalized spacial score (nSPS) is 16.7. The van der Waals surface area contributed by atoms with Crippen molar-refractivity contribution < 1.29 is 27.1 Å². The highest BCUT2D eigenvalue weighted by molar-refractivity contribution is 5.79. The molecule has 0 saturated carbocycles. The molecule has 0 radical (unpaired) electrons. The van der Waals surface area contributed by atoms with Crippen LogP contribution in [0.3, 0.4) is 0 Å². The van der Waals surface area contributed by atoms with Crippen LogP contribution in [-0.4, -0.2) is 36.7 Å². The van der Waals surface area contributed by atoms with E-state index in [1.54, 1.807) is 0 Å². The van der Waals surface area contributed by atoms with E-state index >= 15 is 0 Å². The lowest BCUT2D eigenvalue weighted by atomic mass is 9.95. The summed E-state index contributed by atoms with van der Waals surface area (Å²) in [5.74, 6) is -1.20. The van der Waals surface area contributed by atoms with Gasteiger partial charge in [0, 0.05) is 13.1 Å². The number of ether oxygens (including phenoxy) is 1. The standard InChI is InChI=1S/C16H16F4N2O2/c17-13-2-3-14-11(9-13)8-12(10-24-14)15(23)22(6-1-5-21)7-4-16(18,19)20/h2-3,9,12H,1,4,6-8,10H2/t12-/m0/s1. The third-order valence-electron chi connectivity index (χ3n) is 3.75. The average Bonchev–Trinajstić information content (AvgIpc) is 2.52. The Morgan fingerprint density at radius 2 is 2.12 bits per heavy atom. The van der Waals surface area contributed by atoms with Crippen LogP contribution in [0.4, 0.5) is 17.6 Å². The summed E-state index contributed by atoms with van der Waals surface area (Å²) in [6, 6.07) is 5.77. The lowest BCUT2D eigenvalue weighted by Crippen LogP contribution is -2.42. The number of nitrogens with zero attached hydrogens (tertiary/aromatic N) is 2. The van der Waals surface area contributed by atoms with Gasteiger partial charge in [0.25, 0.3) is 0 Å². The number of benzene rings is 1. The van der Waals surface area contributed by atoms with E-state index in [-0.39, 0.29) is 26.0 Å². The summed E-state index contributed by atoms with van der Waals surface area (Å²) in [7, 11) is 0. The Morgan fingerprint density at radius 1 is 1.38 bits per heavy atom. The number of hydrogen-bond donors (Lipinski definition) is 0. The van der Waals surface area contributed by atoms with E-state index in [4.69, 9.17) is 10.00 Å². The van der Waals surface area contributed by atoms with Crippen LogP contribution in [0.1, 0.15) is 18.4 Å². The number of alkyl halides is 3.